The zero-order valence-electron chi connectivity index (χ0n) is 15.1. The van der Waals surface area contributed by atoms with Crippen LogP contribution in [0.25, 0.3) is 0 Å². The molecular weight excluding hydrogens is 344 g/mol. The first kappa shape index (κ1) is 34.2. The topological polar surface area (TPSA) is 210 Å². The Morgan fingerprint density at radius 3 is 0.720 bits per heavy atom. The summed E-state index contributed by atoms with van der Waals surface area (Å²) < 4.78 is 0. The zero-order valence-corrected chi connectivity index (χ0v) is 15.1. The lowest BCUT2D eigenvalue weighted by Crippen LogP contribution is -2.32. The summed E-state index contributed by atoms with van der Waals surface area (Å²) >= 11 is 0. The first-order valence-corrected chi connectivity index (χ1v) is 6.78. The van der Waals surface area contributed by atoms with E-state index >= 15 is 0 Å². The molecule has 0 aromatic rings. The Labute approximate surface area is 146 Å². The van der Waals surface area contributed by atoms with Crippen LogP contribution in [0.3, 0.4) is 0 Å². The highest BCUT2D eigenvalue weighted by atomic mass is 16.4. The van der Waals surface area contributed by atoms with Gasteiger partial charge in [-0.05, 0) is 6.42 Å². The molecule has 25 heavy (non-hydrogen) atoms. The summed E-state index contributed by atoms with van der Waals surface area (Å²) in [5.41, 5.74) is -0.667. The van der Waals surface area contributed by atoms with Gasteiger partial charge in [0.1, 0.15) is 0 Å². The van der Waals surface area contributed by atoms with Crippen molar-refractivity contribution in [2.75, 3.05) is 19.8 Å². The van der Waals surface area contributed by atoms with E-state index in [4.69, 9.17) is 54.9 Å². The minimum absolute atomic E-state index is 0.156. The number of aliphatic hydroxyl groups excluding tert-OH is 3. The fraction of sp³-hybridized carbons (Fsp3) is 0.714. The second-order valence-corrected chi connectivity index (χ2v) is 4.40. The lowest BCUT2D eigenvalue weighted by atomic mass is 9.88. The van der Waals surface area contributed by atoms with Gasteiger partial charge in [0.2, 0.25) is 0 Å². The SMILES string of the molecule is CC(=O)O.CC(=O)O.CC(=O)O.CC(=O)O.CCC(CO)(CO)CO. The Kier molecular flexibility index (Phi) is 32.8. The molecular formula is C14H30O11. The highest BCUT2D eigenvalue weighted by molar-refractivity contribution is 5.63. The second-order valence-electron chi connectivity index (χ2n) is 4.40. The zero-order chi connectivity index (χ0) is 21.6. The van der Waals surface area contributed by atoms with Gasteiger partial charge in [0, 0.05) is 33.1 Å². The fourth-order valence-electron chi connectivity index (χ4n) is 0.485. The lowest BCUT2D eigenvalue weighted by molar-refractivity contribution is -0.135. The molecule has 0 rings (SSSR count). The average molecular weight is 374 g/mol. The van der Waals surface area contributed by atoms with Crippen LogP contribution in [0.2, 0.25) is 0 Å². The summed E-state index contributed by atoms with van der Waals surface area (Å²) in [5.74, 6) is -3.33. The van der Waals surface area contributed by atoms with Gasteiger partial charge in [0.25, 0.3) is 23.9 Å². The van der Waals surface area contributed by atoms with Gasteiger partial charge in [-0.25, -0.2) is 0 Å². The van der Waals surface area contributed by atoms with E-state index in [2.05, 4.69) is 0 Å². The number of carboxylic acid groups (broad SMARTS) is 4. The normalized spacial score (nSPS) is 8.32. The molecule has 152 valence electrons. The summed E-state index contributed by atoms with van der Waals surface area (Å²) in [5, 5.41) is 55.6. The number of hydrogen-bond acceptors (Lipinski definition) is 7. The Morgan fingerprint density at radius 1 is 0.600 bits per heavy atom. The Bertz CT molecular complexity index is 267. The first-order valence-electron chi connectivity index (χ1n) is 6.78. The van der Waals surface area contributed by atoms with Crippen LogP contribution < -0.4 is 0 Å². The number of aliphatic carboxylic acids is 4. The minimum atomic E-state index is -0.833. The van der Waals surface area contributed by atoms with E-state index in [1.807, 2.05) is 6.92 Å². The molecule has 0 saturated carbocycles. The molecule has 11 nitrogen and oxygen atoms in total. The molecule has 0 unspecified atom stereocenters. The van der Waals surface area contributed by atoms with Gasteiger partial charge in [0.05, 0.1) is 19.8 Å². The molecule has 0 aliphatic rings. The van der Waals surface area contributed by atoms with Gasteiger partial charge in [-0.1, -0.05) is 6.92 Å². The van der Waals surface area contributed by atoms with Gasteiger partial charge < -0.3 is 35.7 Å². The Morgan fingerprint density at radius 2 is 0.720 bits per heavy atom. The number of carboxylic acids is 4. The van der Waals surface area contributed by atoms with Crippen LogP contribution in [0.4, 0.5) is 0 Å². The fourth-order valence-corrected chi connectivity index (χ4v) is 0.485. The van der Waals surface area contributed by atoms with Gasteiger partial charge in [-0.2, -0.15) is 0 Å². The van der Waals surface area contributed by atoms with Crippen molar-refractivity contribution < 1.29 is 54.9 Å². The number of aliphatic hydroxyl groups is 3. The van der Waals surface area contributed by atoms with Crippen molar-refractivity contribution in [1.29, 1.82) is 0 Å². The standard InChI is InChI=1S/C6H14O3.4C2H4O2/c1-2-6(3-7,4-8)5-9;4*1-2(3)4/h7-9H,2-5H2,1H3;4*1H3,(H,3,4). The Hall–Kier alpha value is -2.24. The highest BCUT2D eigenvalue weighted by Gasteiger charge is 2.24. The number of hydrogen-bond donors (Lipinski definition) is 7. The maximum atomic E-state index is 9.00. The molecule has 0 atom stereocenters. The molecule has 0 spiro atoms. The average Bonchev–Trinajstić information content (AvgIpc) is 2.39. The molecule has 0 radical (unpaired) electrons. The van der Waals surface area contributed by atoms with E-state index in [1.165, 1.54) is 0 Å². The molecule has 0 aliphatic carbocycles. The van der Waals surface area contributed by atoms with Crippen LogP contribution in [0.5, 0.6) is 0 Å². The molecule has 0 amide bonds. The van der Waals surface area contributed by atoms with Crippen molar-refractivity contribution in [2.45, 2.75) is 41.0 Å². The molecule has 0 fully saturated rings. The molecule has 11 heteroatoms. The van der Waals surface area contributed by atoms with E-state index in [1.54, 1.807) is 0 Å². The van der Waals surface area contributed by atoms with Crippen LogP contribution in [-0.2, 0) is 19.2 Å². The van der Waals surface area contributed by atoms with E-state index in [-0.39, 0.29) is 19.8 Å². The van der Waals surface area contributed by atoms with Crippen molar-refractivity contribution in [3.05, 3.63) is 0 Å². The minimum Gasteiger partial charge on any atom is -0.481 e. The number of carbonyl (C=O) groups is 4. The second kappa shape index (κ2) is 24.0. The molecule has 0 aromatic carbocycles. The summed E-state index contributed by atoms with van der Waals surface area (Å²) in [6.45, 7) is 5.69. The van der Waals surface area contributed by atoms with Crippen molar-refractivity contribution in [3.8, 4) is 0 Å². The van der Waals surface area contributed by atoms with Crippen LogP contribution in [0.15, 0.2) is 0 Å². The van der Waals surface area contributed by atoms with Crippen LogP contribution in [0.1, 0.15) is 41.0 Å². The predicted molar refractivity (Wildman–Crippen MR) is 87.2 cm³/mol. The van der Waals surface area contributed by atoms with Crippen LogP contribution in [0, 0.1) is 5.41 Å². The number of rotatable bonds is 4. The first-order chi connectivity index (χ1) is 11.2. The van der Waals surface area contributed by atoms with E-state index < -0.39 is 29.3 Å². The van der Waals surface area contributed by atoms with Gasteiger partial charge in [-0.3, -0.25) is 19.2 Å². The smallest absolute Gasteiger partial charge is 0.300 e. The maximum absolute atomic E-state index is 9.00. The molecule has 0 aliphatic heterocycles. The Balaban J connectivity index is -0.0000000714. The summed E-state index contributed by atoms with van der Waals surface area (Å²) in [6, 6.07) is 0. The van der Waals surface area contributed by atoms with Crippen LogP contribution >= 0.6 is 0 Å². The van der Waals surface area contributed by atoms with E-state index in [9.17, 15) is 0 Å². The van der Waals surface area contributed by atoms with Gasteiger partial charge in [0.15, 0.2) is 0 Å². The molecule has 0 bridgehead atoms. The molecule has 0 heterocycles. The van der Waals surface area contributed by atoms with Crippen molar-refractivity contribution in [1.82, 2.24) is 0 Å². The van der Waals surface area contributed by atoms with Crippen molar-refractivity contribution in [3.63, 3.8) is 0 Å². The van der Waals surface area contributed by atoms with Gasteiger partial charge in [-0.15, -0.1) is 0 Å². The third-order valence-corrected chi connectivity index (χ3v) is 1.76. The largest absolute Gasteiger partial charge is 0.481 e. The summed E-state index contributed by atoms with van der Waals surface area (Å²) in [4.78, 5) is 36.0. The molecule has 0 saturated heterocycles. The van der Waals surface area contributed by atoms with Gasteiger partial charge >= 0.3 is 0 Å². The van der Waals surface area contributed by atoms with Crippen molar-refractivity contribution >= 4 is 23.9 Å². The van der Waals surface area contributed by atoms with E-state index in [0.717, 1.165) is 27.7 Å². The monoisotopic (exact) mass is 374 g/mol. The summed E-state index contributed by atoms with van der Waals surface area (Å²) in [6.07, 6.45) is 0.594. The lowest BCUT2D eigenvalue weighted by Gasteiger charge is -2.24. The third-order valence-electron chi connectivity index (χ3n) is 1.76. The highest BCUT2D eigenvalue weighted by Crippen LogP contribution is 2.18. The van der Waals surface area contributed by atoms with Crippen molar-refractivity contribution in [2.24, 2.45) is 5.41 Å². The van der Waals surface area contributed by atoms with Crippen LogP contribution in [-0.4, -0.2) is 79.4 Å². The maximum Gasteiger partial charge on any atom is 0.300 e. The third kappa shape index (κ3) is 89.2. The predicted octanol–water partition coefficient (Wildman–Crippen LogP) is -0.277. The summed E-state index contributed by atoms with van der Waals surface area (Å²) in [7, 11) is 0. The quantitative estimate of drug-likeness (QED) is 0.340. The molecule has 7 N–H and O–H groups in total. The molecule has 0 aromatic heterocycles. The van der Waals surface area contributed by atoms with E-state index in [0.29, 0.717) is 6.42 Å².